The lowest BCUT2D eigenvalue weighted by atomic mass is 10.1. The molecule has 1 aromatic carbocycles. The highest BCUT2D eigenvalue weighted by Crippen LogP contribution is 2.28. The van der Waals surface area contributed by atoms with Crippen molar-refractivity contribution >= 4 is 11.6 Å². The van der Waals surface area contributed by atoms with Gasteiger partial charge in [-0.05, 0) is 0 Å². The molecule has 0 bridgehead atoms. The molecule has 2 rings (SSSR count). The fraction of sp³-hybridized carbons (Fsp3) is 0.417. The minimum Gasteiger partial charge on any atom is -0.491 e. The van der Waals surface area contributed by atoms with Gasteiger partial charge in [-0.1, -0.05) is 0 Å². The number of hydrogen-bond acceptors (Lipinski definition) is 3. The highest BCUT2D eigenvalue weighted by Gasteiger charge is 2.42. The maximum atomic E-state index is 13.4. The second-order valence-corrected chi connectivity index (χ2v) is 4.46. The summed E-state index contributed by atoms with van der Waals surface area (Å²) in [7, 11) is 1.10. The largest absolute Gasteiger partial charge is 0.491 e. The molecule has 2 N–H and O–H groups in total. The zero-order valence-electron chi connectivity index (χ0n) is 10.5. The molecule has 1 fully saturated rings. The highest BCUT2D eigenvalue weighted by molar-refractivity contribution is 5.95. The topological polar surface area (TPSA) is 50.4 Å². The SMILES string of the molecule is COc1c(F)cc(NC(=O)C2CC(F)(F)CN2)cc1F. The zero-order chi connectivity index (χ0) is 14.9. The molecule has 1 saturated heterocycles. The number of benzene rings is 1. The third-order valence-electron chi connectivity index (χ3n) is 2.90. The van der Waals surface area contributed by atoms with Crippen LogP contribution in [0.25, 0.3) is 0 Å². The molecule has 1 unspecified atom stereocenters. The van der Waals surface area contributed by atoms with Crippen LogP contribution in [0.15, 0.2) is 12.1 Å². The number of nitrogens with one attached hydrogen (secondary N) is 2. The molecule has 1 heterocycles. The van der Waals surface area contributed by atoms with Crippen molar-refractivity contribution in [3.05, 3.63) is 23.8 Å². The molecule has 0 saturated carbocycles. The predicted molar refractivity (Wildman–Crippen MR) is 62.9 cm³/mol. The second kappa shape index (κ2) is 5.28. The van der Waals surface area contributed by atoms with Gasteiger partial charge in [-0.2, -0.15) is 0 Å². The molecule has 0 spiro atoms. The molecular weight excluding hydrogens is 280 g/mol. The van der Waals surface area contributed by atoms with Crippen LogP contribution in [0.3, 0.4) is 0 Å². The summed E-state index contributed by atoms with van der Waals surface area (Å²) in [4.78, 5) is 11.7. The van der Waals surface area contributed by atoms with Crippen LogP contribution in [0.4, 0.5) is 23.2 Å². The minimum atomic E-state index is -2.96. The van der Waals surface area contributed by atoms with E-state index in [2.05, 4.69) is 15.4 Å². The molecular formula is C12H12F4N2O2. The number of hydrogen-bond donors (Lipinski definition) is 2. The Bertz CT molecular complexity index is 513. The number of carbonyl (C=O) groups excluding carboxylic acids is 1. The summed E-state index contributed by atoms with van der Waals surface area (Å²) in [5, 5.41) is 4.53. The van der Waals surface area contributed by atoms with Gasteiger partial charge in [-0.15, -0.1) is 0 Å². The average molecular weight is 292 g/mol. The van der Waals surface area contributed by atoms with E-state index in [1.54, 1.807) is 0 Å². The molecule has 1 amide bonds. The van der Waals surface area contributed by atoms with E-state index in [1.807, 2.05) is 0 Å². The first kappa shape index (κ1) is 14.6. The molecule has 0 radical (unpaired) electrons. The van der Waals surface area contributed by atoms with Crippen molar-refractivity contribution in [3.63, 3.8) is 0 Å². The van der Waals surface area contributed by atoms with Crippen LogP contribution in [0.2, 0.25) is 0 Å². The van der Waals surface area contributed by atoms with Crippen molar-refractivity contribution in [1.29, 1.82) is 0 Å². The number of halogens is 4. The normalized spacial score (nSPS) is 20.8. The first-order valence-corrected chi connectivity index (χ1v) is 5.77. The summed E-state index contributed by atoms with van der Waals surface area (Å²) < 4.78 is 57.2. The lowest BCUT2D eigenvalue weighted by Gasteiger charge is -2.12. The Morgan fingerprint density at radius 3 is 2.45 bits per heavy atom. The Labute approximate surface area is 112 Å². The summed E-state index contributed by atoms with van der Waals surface area (Å²) in [5.74, 6) is -6.29. The lowest BCUT2D eigenvalue weighted by molar-refractivity contribution is -0.118. The molecule has 1 aliphatic heterocycles. The fourth-order valence-corrected chi connectivity index (χ4v) is 1.96. The highest BCUT2D eigenvalue weighted by atomic mass is 19.3. The van der Waals surface area contributed by atoms with Gasteiger partial charge in [0.25, 0.3) is 5.92 Å². The number of alkyl halides is 2. The smallest absolute Gasteiger partial charge is 0.262 e. The van der Waals surface area contributed by atoms with Crippen molar-refractivity contribution in [1.82, 2.24) is 5.32 Å². The Kier molecular flexibility index (Phi) is 3.85. The van der Waals surface area contributed by atoms with E-state index < -0.39 is 48.2 Å². The first-order valence-electron chi connectivity index (χ1n) is 5.77. The van der Waals surface area contributed by atoms with Crippen LogP contribution in [-0.4, -0.2) is 31.5 Å². The number of methoxy groups -OCH3 is 1. The van der Waals surface area contributed by atoms with Crippen molar-refractivity contribution in [2.24, 2.45) is 0 Å². The number of carbonyl (C=O) groups is 1. The number of ether oxygens (including phenoxy) is 1. The number of rotatable bonds is 3. The monoisotopic (exact) mass is 292 g/mol. The summed E-state index contributed by atoms with van der Waals surface area (Å²) >= 11 is 0. The van der Waals surface area contributed by atoms with Gasteiger partial charge in [0.1, 0.15) is 0 Å². The van der Waals surface area contributed by atoms with E-state index in [1.165, 1.54) is 0 Å². The molecule has 1 aromatic rings. The van der Waals surface area contributed by atoms with Gasteiger partial charge in [0.15, 0.2) is 17.4 Å². The molecule has 4 nitrogen and oxygen atoms in total. The van der Waals surface area contributed by atoms with Gasteiger partial charge in [0, 0.05) is 24.2 Å². The molecule has 1 aliphatic rings. The van der Waals surface area contributed by atoms with Crippen LogP contribution in [0, 0.1) is 11.6 Å². The fourth-order valence-electron chi connectivity index (χ4n) is 1.96. The van der Waals surface area contributed by atoms with Gasteiger partial charge in [0.2, 0.25) is 5.91 Å². The van der Waals surface area contributed by atoms with Gasteiger partial charge < -0.3 is 10.1 Å². The standard InChI is InChI=1S/C12H12F4N2O2/c1-20-10-7(13)2-6(3-8(10)14)18-11(19)9-4-12(15,16)5-17-9/h2-3,9,17H,4-5H2,1H3,(H,18,19). The molecule has 110 valence electrons. The van der Waals surface area contributed by atoms with E-state index in [0.29, 0.717) is 0 Å². The van der Waals surface area contributed by atoms with E-state index in [9.17, 15) is 22.4 Å². The molecule has 8 heteroatoms. The Morgan fingerprint density at radius 2 is 2.00 bits per heavy atom. The minimum absolute atomic E-state index is 0.164. The second-order valence-electron chi connectivity index (χ2n) is 4.46. The summed E-state index contributed by atoms with van der Waals surface area (Å²) in [6.45, 7) is -0.601. The van der Waals surface area contributed by atoms with Gasteiger partial charge in [-0.3, -0.25) is 10.1 Å². The van der Waals surface area contributed by atoms with Gasteiger partial charge in [-0.25, -0.2) is 17.6 Å². The maximum Gasteiger partial charge on any atom is 0.262 e. The molecule has 0 aliphatic carbocycles. The number of anilines is 1. The lowest BCUT2D eigenvalue weighted by Crippen LogP contribution is -2.35. The third-order valence-corrected chi connectivity index (χ3v) is 2.90. The Morgan fingerprint density at radius 1 is 1.40 bits per heavy atom. The summed E-state index contributed by atoms with van der Waals surface area (Å²) in [6.07, 6.45) is -0.653. The van der Waals surface area contributed by atoms with Crippen molar-refractivity contribution in [2.75, 3.05) is 19.0 Å². The van der Waals surface area contributed by atoms with Crippen molar-refractivity contribution < 1.29 is 27.1 Å². The van der Waals surface area contributed by atoms with Crippen LogP contribution < -0.4 is 15.4 Å². The van der Waals surface area contributed by atoms with Crippen molar-refractivity contribution in [2.45, 2.75) is 18.4 Å². The van der Waals surface area contributed by atoms with Gasteiger partial charge in [0.05, 0.1) is 19.7 Å². The van der Waals surface area contributed by atoms with E-state index in [-0.39, 0.29) is 5.69 Å². The Hall–Kier alpha value is -1.83. The quantitative estimate of drug-likeness (QED) is 0.837. The summed E-state index contributed by atoms with van der Waals surface area (Å²) in [5.41, 5.74) is -0.164. The van der Waals surface area contributed by atoms with Crippen molar-refractivity contribution in [3.8, 4) is 5.75 Å². The molecule has 1 atom stereocenters. The van der Waals surface area contributed by atoms with Gasteiger partial charge >= 0.3 is 0 Å². The van der Waals surface area contributed by atoms with Crippen LogP contribution in [-0.2, 0) is 4.79 Å². The molecule has 0 aromatic heterocycles. The first-order chi connectivity index (χ1) is 9.32. The van der Waals surface area contributed by atoms with E-state index in [4.69, 9.17) is 0 Å². The van der Waals surface area contributed by atoms with Crippen LogP contribution in [0.5, 0.6) is 5.75 Å². The maximum absolute atomic E-state index is 13.4. The Balaban J connectivity index is 2.09. The van der Waals surface area contributed by atoms with Crippen LogP contribution in [0.1, 0.15) is 6.42 Å². The van der Waals surface area contributed by atoms with E-state index >= 15 is 0 Å². The third kappa shape index (κ3) is 3.01. The number of amides is 1. The van der Waals surface area contributed by atoms with E-state index in [0.717, 1.165) is 19.2 Å². The molecule has 20 heavy (non-hydrogen) atoms. The summed E-state index contributed by atoms with van der Waals surface area (Å²) in [6, 6.07) is 0.609. The van der Waals surface area contributed by atoms with Crippen LogP contribution >= 0.6 is 0 Å². The predicted octanol–water partition coefficient (Wildman–Crippen LogP) is 1.91. The average Bonchev–Trinajstić information content (AvgIpc) is 2.69. The zero-order valence-corrected chi connectivity index (χ0v) is 10.5.